The topological polar surface area (TPSA) is 84.3 Å². The Morgan fingerprint density at radius 3 is 1.92 bits per heavy atom. The standard InChI is InChI=1S/C12H15N3O.C6H18NSi2.Li/c1-12(2)8-5-4-7(10(13)14)6-9(8)15(3)11(12)16;1-8(2,3)7-9(4,5)6;/h4-6H,1-3H3,(H3,13,14);1-6H3;/q;-1;+1. The molecule has 0 aromatic heterocycles. The molecule has 0 radical (unpaired) electrons. The molecule has 8 heteroatoms. The van der Waals surface area contributed by atoms with Crippen LogP contribution in [0.2, 0.25) is 39.3 Å². The second kappa shape index (κ2) is 8.44. The SMILES string of the molecule is CN1C(=O)C(C)(C)c2ccc(C(=N)N)cc21.C[Si](C)(C)[N-][Si](C)(C)C.[Li+]. The van der Waals surface area contributed by atoms with E-state index in [1.165, 1.54) is 0 Å². The van der Waals surface area contributed by atoms with Crippen molar-refractivity contribution >= 4 is 33.9 Å². The zero-order chi connectivity index (χ0) is 19.8. The molecule has 3 N–H and O–H groups in total. The molecule has 0 saturated heterocycles. The number of hydrogen-bond acceptors (Lipinski definition) is 2. The van der Waals surface area contributed by atoms with Crippen molar-refractivity contribution in [3.8, 4) is 0 Å². The molecule has 0 spiro atoms. The van der Waals surface area contributed by atoms with Gasteiger partial charge < -0.3 is 15.3 Å². The molecule has 0 atom stereocenters. The molecule has 0 fully saturated rings. The van der Waals surface area contributed by atoms with Crippen LogP contribution in [0.5, 0.6) is 0 Å². The van der Waals surface area contributed by atoms with Gasteiger partial charge in [-0.1, -0.05) is 67.9 Å². The molecule has 1 aromatic rings. The molecule has 2 rings (SSSR count). The van der Waals surface area contributed by atoms with Crippen molar-refractivity contribution in [3.63, 3.8) is 0 Å². The van der Waals surface area contributed by atoms with Crippen molar-refractivity contribution in [1.82, 2.24) is 0 Å². The van der Waals surface area contributed by atoms with E-state index in [2.05, 4.69) is 39.3 Å². The third-order valence-electron chi connectivity index (χ3n) is 3.85. The molecule has 0 saturated carbocycles. The number of anilines is 1. The predicted octanol–water partition coefficient (Wildman–Crippen LogP) is 1.26. The summed E-state index contributed by atoms with van der Waals surface area (Å²) >= 11 is 0. The molecule has 0 aliphatic carbocycles. The minimum Gasteiger partial charge on any atom is -0.668 e. The first-order valence-electron chi connectivity index (χ1n) is 8.57. The van der Waals surface area contributed by atoms with Gasteiger partial charge in [0.2, 0.25) is 5.91 Å². The number of likely N-dealkylation sites (N-methyl/N-ethyl adjacent to an activating group) is 1. The van der Waals surface area contributed by atoms with Crippen LogP contribution in [0.15, 0.2) is 18.2 Å². The van der Waals surface area contributed by atoms with Crippen LogP contribution < -0.4 is 29.5 Å². The maximum Gasteiger partial charge on any atom is 1.00 e. The first kappa shape index (κ1) is 25.2. The van der Waals surface area contributed by atoms with E-state index < -0.39 is 21.9 Å². The van der Waals surface area contributed by atoms with E-state index in [1.807, 2.05) is 19.9 Å². The van der Waals surface area contributed by atoms with Gasteiger partial charge in [0.25, 0.3) is 0 Å². The Hall–Kier alpha value is -0.849. The molecule has 1 aliphatic heterocycles. The Morgan fingerprint density at radius 2 is 1.58 bits per heavy atom. The maximum atomic E-state index is 12.0. The summed E-state index contributed by atoms with van der Waals surface area (Å²) in [6.45, 7) is 17.6. The molecule has 26 heavy (non-hydrogen) atoms. The van der Waals surface area contributed by atoms with Crippen molar-refractivity contribution < 1.29 is 23.7 Å². The largest absolute Gasteiger partial charge is 1.00 e. The van der Waals surface area contributed by atoms with Crippen molar-refractivity contribution in [2.75, 3.05) is 11.9 Å². The Labute approximate surface area is 173 Å². The van der Waals surface area contributed by atoms with Gasteiger partial charge >= 0.3 is 18.9 Å². The molecular weight excluding hydrogens is 351 g/mol. The molecule has 1 aliphatic rings. The van der Waals surface area contributed by atoms with Crippen LogP contribution in [0.25, 0.3) is 4.65 Å². The number of hydrogen-bond donors (Lipinski definition) is 2. The Bertz CT molecular complexity index is 667. The van der Waals surface area contributed by atoms with E-state index in [0.717, 1.165) is 11.3 Å². The van der Waals surface area contributed by atoms with Crippen LogP contribution in [0.1, 0.15) is 25.0 Å². The predicted molar refractivity (Wildman–Crippen MR) is 114 cm³/mol. The van der Waals surface area contributed by atoms with Gasteiger partial charge in [-0.15, -0.1) is 0 Å². The molecule has 0 unspecified atom stereocenters. The second-order valence-corrected chi connectivity index (χ2v) is 18.7. The summed E-state index contributed by atoms with van der Waals surface area (Å²) in [6, 6.07) is 5.47. The van der Waals surface area contributed by atoms with Gasteiger partial charge in [0, 0.05) is 18.3 Å². The molecule has 5 nitrogen and oxygen atoms in total. The van der Waals surface area contributed by atoms with Gasteiger partial charge in [-0.3, -0.25) is 10.2 Å². The van der Waals surface area contributed by atoms with E-state index in [-0.39, 0.29) is 30.6 Å². The van der Waals surface area contributed by atoms with Gasteiger partial charge in [-0.05, 0) is 25.5 Å². The van der Waals surface area contributed by atoms with Crippen molar-refractivity contribution in [2.45, 2.75) is 58.5 Å². The van der Waals surface area contributed by atoms with E-state index in [4.69, 9.17) is 15.8 Å². The minimum atomic E-state index is -1.11. The van der Waals surface area contributed by atoms with E-state index in [9.17, 15) is 4.79 Å². The zero-order valence-corrected chi connectivity index (χ0v) is 20.1. The maximum absolute atomic E-state index is 12.0. The molecule has 140 valence electrons. The van der Waals surface area contributed by atoms with Crippen LogP contribution in [0.3, 0.4) is 0 Å². The first-order chi connectivity index (χ1) is 11.1. The van der Waals surface area contributed by atoms with Crippen molar-refractivity contribution in [3.05, 3.63) is 34.0 Å². The Balaban J connectivity index is 0.000000543. The zero-order valence-electron chi connectivity index (χ0n) is 18.1. The monoisotopic (exact) mass is 384 g/mol. The molecule has 1 aromatic carbocycles. The number of rotatable bonds is 3. The number of carbonyl (C=O) groups is 1. The number of carbonyl (C=O) groups excluding carboxylic acids is 1. The fraction of sp³-hybridized carbons (Fsp3) is 0.556. The smallest absolute Gasteiger partial charge is 0.668 e. The van der Waals surface area contributed by atoms with Gasteiger partial charge in [0.1, 0.15) is 5.84 Å². The fourth-order valence-corrected chi connectivity index (χ4v) is 11.2. The van der Waals surface area contributed by atoms with Crippen molar-refractivity contribution in [2.24, 2.45) is 5.73 Å². The molecule has 1 amide bonds. The summed E-state index contributed by atoms with van der Waals surface area (Å²) in [5, 5.41) is 7.39. The van der Waals surface area contributed by atoms with Crippen molar-refractivity contribution in [1.29, 1.82) is 5.41 Å². The van der Waals surface area contributed by atoms with E-state index in [1.54, 1.807) is 24.1 Å². The van der Waals surface area contributed by atoms with E-state index >= 15 is 0 Å². The van der Waals surface area contributed by atoms with Crippen LogP contribution in [-0.2, 0) is 10.2 Å². The van der Waals surface area contributed by atoms with Gasteiger partial charge in [-0.2, -0.15) is 0 Å². The third kappa shape index (κ3) is 6.39. The number of nitrogens with one attached hydrogen (secondary N) is 1. The average Bonchev–Trinajstić information content (AvgIpc) is 2.57. The third-order valence-corrected chi connectivity index (χ3v) is 9.22. The quantitative estimate of drug-likeness (QED) is 0.467. The van der Waals surface area contributed by atoms with Gasteiger partial charge in [0.15, 0.2) is 0 Å². The number of fused-ring (bicyclic) bond motifs is 1. The fourth-order valence-electron chi connectivity index (χ4n) is 3.16. The van der Waals surface area contributed by atoms with Crippen LogP contribution in [-0.4, -0.2) is 35.3 Å². The molecular formula is C18H33LiN4OSi2. The number of amidine groups is 1. The summed E-state index contributed by atoms with van der Waals surface area (Å²) in [4.78, 5) is 13.6. The van der Waals surface area contributed by atoms with Gasteiger partial charge in [-0.25, -0.2) is 0 Å². The summed E-state index contributed by atoms with van der Waals surface area (Å²) in [5.41, 5.74) is 7.44. The van der Waals surface area contributed by atoms with E-state index in [0.29, 0.717) is 5.56 Å². The minimum absolute atomic E-state index is 0. The van der Waals surface area contributed by atoms with Crippen LogP contribution >= 0.6 is 0 Å². The number of nitrogens with two attached hydrogens (primary N) is 1. The summed E-state index contributed by atoms with van der Waals surface area (Å²) < 4.78 is 4.82. The Morgan fingerprint density at radius 1 is 1.12 bits per heavy atom. The Kier molecular flexibility index (Phi) is 8.17. The second-order valence-electron chi connectivity index (χ2n) is 9.09. The van der Waals surface area contributed by atoms with Crippen LogP contribution in [0, 0.1) is 5.41 Å². The van der Waals surface area contributed by atoms with Crippen LogP contribution in [0.4, 0.5) is 5.69 Å². The molecule has 1 heterocycles. The number of benzene rings is 1. The summed E-state index contributed by atoms with van der Waals surface area (Å²) in [7, 11) is -0.462. The average molecular weight is 385 g/mol. The number of nitrogen functional groups attached to an aromatic ring is 1. The van der Waals surface area contributed by atoms with Gasteiger partial charge in [0.05, 0.1) is 5.41 Å². The summed E-state index contributed by atoms with van der Waals surface area (Å²) in [6.07, 6.45) is 0. The number of nitrogens with zero attached hydrogens (tertiary/aromatic N) is 2. The first-order valence-corrected chi connectivity index (χ1v) is 15.5. The normalized spacial score (nSPS) is 15.6. The molecule has 0 bridgehead atoms. The number of amides is 1. The summed E-state index contributed by atoms with van der Waals surface area (Å²) in [5.74, 6) is 0.0940.